The van der Waals surface area contributed by atoms with Gasteiger partial charge in [-0.2, -0.15) is 20.5 Å². The molecule has 0 aliphatic carbocycles. The molecule has 2 N–H and O–H groups in total. The van der Waals surface area contributed by atoms with E-state index in [2.05, 4.69) is 4.74 Å². The summed E-state index contributed by atoms with van der Waals surface area (Å²) in [4.78, 5) is 1.81. The molecule has 1 rings (SSSR count). The summed E-state index contributed by atoms with van der Waals surface area (Å²) >= 11 is 1.65. The van der Waals surface area contributed by atoms with Crippen molar-refractivity contribution in [2.75, 3.05) is 29.7 Å². The second kappa shape index (κ2) is 6.79. The minimum absolute atomic E-state index is 0.127. The number of ether oxygens (including phenoxy) is 1. The molecule has 0 aliphatic heterocycles. The Kier molecular flexibility index (Phi) is 5.65. The van der Waals surface area contributed by atoms with Crippen LogP contribution >= 0.6 is 11.8 Å². The molecule has 0 saturated carbocycles. The number of hydrogen-bond donors (Lipinski definition) is 1. The Morgan fingerprint density at radius 3 is 2.58 bits per heavy atom. The molecule has 108 valence electrons. The number of alkyl halides is 2. The molecular formula is C12H17F3N2OS. The number of nitrogens with two attached hydrogens (primary N) is 1. The predicted molar refractivity (Wildman–Crippen MR) is 73.7 cm³/mol. The van der Waals surface area contributed by atoms with Gasteiger partial charge >= 0.3 is 6.61 Å². The number of nitrogens with zero attached hydrogens (tertiary/aromatic N) is 1. The van der Waals surface area contributed by atoms with Crippen LogP contribution in [0, 0.1) is 5.82 Å². The maximum atomic E-state index is 13.4. The van der Waals surface area contributed by atoms with Gasteiger partial charge in [-0.25, -0.2) is 4.39 Å². The van der Waals surface area contributed by atoms with Crippen LogP contribution in [0.15, 0.2) is 12.1 Å². The molecule has 1 aromatic rings. The van der Waals surface area contributed by atoms with E-state index in [1.54, 1.807) is 18.8 Å². The molecular weight excluding hydrogens is 277 g/mol. The van der Waals surface area contributed by atoms with Gasteiger partial charge in [0.2, 0.25) is 0 Å². The molecule has 0 bridgehead atoms. The van der Waals surface area contributed by atoms with E-state index in [1.807, 2.05) is 18.1 Å². The van der Waals surface area contributed by atoms with E-state index in [0.717, 1.165) is 11.8 Å². The van der Waals surface area contributed by atoms with Crippen LogP contribution in [0.1, 0.15) is 6.92 Å². The van der Waals surface area contributed by atoms with Gasteiger partial charge in [0, 0.05) is 31.0 Å². The fourth-order valence-electron chi connectivity index (χ4n) is 1.64. The van der Waals surface area contributed by atoms with E-state index in [0.29, 0.717) is 5.69 Å². The third-order valence-corrected chi connectivity index (χ3v) is 3.56. The summed E-state index contributed by atoms with van der Waals surface area (Å²) in [7, 11) is 1.77. The van der Waals surface area contributed by atoms with Crippen LogP contribution in [0.4, 0.5) is 24.5 Å². The van der Waals surface area contributed by atoms with Gasteiger partial charge in [0.15, 0.2) is 11.6 Å². The number of thioether (sulfide) groups is 1. The Balaban J connectivity index is 3.06. The van der Waals surface area contributed by atoms with Crippen molar-refractivity contribution in [2.45, 2.75) is 19.6 Å². The molecule has 1 unspecified atom stereocenters. The topological polar surface area (TPSA) is 38.5 Å². The summed E-state index contributed by atoms with van der Waals surface area (Å²) in [6.45, 7) is -1.10. The standard InChI is InChI=1S/C12H17F3N2OS/c1-7(6-19-3)17(2)10-5-11(18-12(14)15)8(13)4-9(10)16/h4-5,7,12H,6,16H2,1-3H3. The van der Waals surface area contributed by atoms with Crippen molar-refractivity contribution in [3.63, 3.8) is 0 Å². The lowest BCUT2D eigenvalue weighted by molar-refractivity contribution is -0.0521. The third kappa shape index (κ3) is 4.12. The lowest BCUT2D eigenvalue weighted by atomic mass is 10.2. The van der Waals surface area contributed by atoms with Gasteiger partial charge in [0.05, 0.1) is 11.4 Å². The van der Waals surface area contributed by atoms with E-state index in [-0.39, 0.29) is 11.7 Å². The van der Waals surface area contributed by atoms with Crippen molar-refractivity contribution in [1.29, 1.82) is 0 Å². The van der Waals surface area contributed by atoms with E-state index >= 15 is 0 Å². The van der Waals surface area contributed by atoms with E-state index in [9.17, 15) is 13.2 Å². The highest BCUT2D eigenvalue weighted by molar-refractivity contribution is 7.98. The van der Waals surface area contributed by atoms with Crippen LogP contribution in [0.2, 0.25) is 0 Å². The number of benzene rings is 1. The number of nitrogen functional groups attached to an aromatic ring is 1. The molecule has 3 nitrogen and oxygen atoms in total. The van der Waals surface area contributed by atoms with Gasteiger partial charge in [0.25, 0.3) is 0 Å². The summed E-state index contributed by atoms with van der Waals surface area (Å²) in [6.07, 6.45) is 1.96. The normalized spacial score (nSPS) is 12.6. The first kappa shape index (κ1) is 15.8. The van der Waals surface area contributed by atoms with Gasteiger partial charge in [-0.05, 0) is 13.2 Å². The van der Waals surface area contributed by atoms with Crippen molar-refractivity contribution in [3.05, 3.63) is 17.9 Å². The second-order valence-electron chi connectivity index (χ2n) is 4.14. The Bertz CT molecular complexity index is 432. The van der Waals surface area contributed by atoms with Gasteiger partial charge < -0.3 is 15.4 Å². The van der Waals surface area contributed by atoms with E-state index in [1.165, 1.54) is 6.07 Å². The summed E-state index contributed by atoms with van der Waals surface area (Å²) in [6, 6.07) is 2.32. The second-order valence-corrected chi connectivity index (χ2v) is 5.05. The summed E-state index contributed by atoms with van der Waals surface area (Å²) in [5.41, 5.74) is 6.38. The van der Waals surface area contributed by atoms with Gasteiger partial charge in [-0.15, -0.1) is 0 Å². The molecule has 1 aromatic carbocycles. The van der Waals surface area contributed by atoms with Crippen molar-refractivity contribution in [1.82, 2.24) is 0 Å². The number of anilines is 2. The van der Waals surface area contributed by atoms with E-state index < -0.39 is 18.2 Å². The summed E-state index contributed by atoms with van der Waals surface area (Å²) < 4.78 is 41.9. The number of rotatable bonds is 6. The molecule has 0 radical (unpaired) electrons. The van der Waals surface area contributed by atoms with Gasteiger partial charge in [-0.3, -0.25) is 0 Å². The van der Waals surface area contributed by atoms with Crippen LogP contribution in [0.3, 0.4) is 0 Å². The molecule has 0 saturated heterocycles. The summed E-state index contributed by atoms with van der Waals surface area (Å²) in [5.74, 6) is -0.562. The van der Waals surface area contributed by atoms with Crippen LogP contribution in [0.25, 0.3) is 0 Å². The van der Waals surface area contributed by atoms with Crippen molar-refractivity contribution >= 4 is 23.1 Å². The number of hydrogen-bond acceptors (Lipinski definition) is 4. The van der Waals surface area contributed by atoms with E-state index in [4.69, 9.17) is 5.73 Å². The quantitative estimate of drug-likeness (QED) is 0.818. The zero-order valence-corrected chi connectivity index (χ0v) is 11.8. The third-order valence-electron chi connectivity index (χ3n) is 2.75. The lowest BCUT2D eigenvalue weighted by Crippen LogP contribution is -2.31. The molecule has 0 amide bonds. The lowest BCUT2D eigenvalue weighted by Gasteiger charge is -2.28. The molecule has 1 atom stereocenters. The van der Waals surface area contributed by atoms with Crippen LogP contribution < -0.4 is 15.4 Å². The molecule has 7 heteroatoms. The van der Waals surface area contributed by atoms with Gasteiger partial charge in [-0.1, -0.05) is 0 Å². The molecule has 19 heavy (non-hydrogen) atoms. The average Bonchev–Trinajstić information content (AvgIpc) is 2.31. The monoisotopic (exact) mass is 294 g/mol. The SMILES string of the molecule is CSCC(C)N(C)c1cc(OC(F)F)c(F)cc1N. The fourth-order valence-corrected chi connectivity index (χ4v) is 2.35. The fraction of sp³-hybridized carbons (Fsp3) is 0.500. The molecule has 0 aliphatic rings. The molecule has 0 aromatic heterocycles. The predicted octanol–water partition coefficient (Wildman–Crippen LogP) is 3.20. The average molecular weight is 294 g/mol. The minimum Gasteiger partial charge on any atom is -0.432 e. The Hall–Kier alpha value is -1.24. The maximum Gasteiger partial charge on any atom is 0.387 e. The summed E-state index contributed by atoms with van der Waals surface area (Å²) in [5, 5.41) is 0. The first-order valence-corrected chi connectivity index (χ1v) is 7.01. The van der Waals surface area contributed by atoms with Crippen molar-refractivity contribution < 1.29 is 17.9 Å². The van der Waals surface area contributed by atoms with Crippen molar-refractivity contribution in [2.24, 2.45) is 0 Å². The highest BCUT2D eigenvalue weighted by Gasteiger charge is 2.18. The number of halogens is 3. The minimum atomic E-state index is -3.07. The Labute approximate surface area is 114 Å². The first-order valence-electron chi connectivity index (χ1n) is 5.62. The zero-order valence-electron chi connectivity index (χ0n) is 11.0. The smallest absolute Gasteiger partial charge is 0.387 e. The zero-order chi connectivity index (χ0) is 14.6. The van der Waals surface area contributed by atoms with Crippen LogP contribution in [0.5, 0.6) is 5.75 Å². The van der Waals surface area contributed by atoms with Crippen LogP contribution in [-0.2, 0) is 0 Å². The Morgan fingerprint density at radius 2 is 2.05 bits per heavy atom. The van der Waals surface area contributed by atoms with Crippen LogP contribution in [-0.4, -0.2) is 31.7 Å². The molecule has 0 fully saturated rings. The van der Waals surface area contributed by atoms with Gasteiger partial charge in [0.1, 0.15) is 0 Å². The first-order chi connectivity index (χ1) is 8.86. The highest BCUT2D eigenvalue weighted by atomic mass is 32.2. The largest absolute Gasteiger partial charge is 0.432 e. The highest BCUT2D eigenvalue weighted by Crippen LogP contribution is 2.32. The maximum absolute atomic E-state index is 13.4. The molecule has 0 heterocycles. The molecule has 0 spiro atoms. The Morgan fingerprint density at radius 1 is 1.42 bits per heavy atom. The van der Waals surface area contributed by atoms with Crippen molar-refractivity contribution in [3.8, 4) is 5.75 Å².